The smallest absolute Gasteiger partial charge is 0.190 e. The number of rotatable bonds is 4. The first-order chi connectivity index (χ1) is 14.1. The largest absolute Gasteiger partial charge is 0.357 e. The summed E-state index contributed by atoms with van der Waals surface area (Å²) in [5, 5.41) is 11.4. The van der Waals surface area contributed by atoms with Gasteiger partial charge in [0.15, 0.2) is 5.11 Å². The molecule has 29 heavy (non-hydrogen) atoms. The van der Waals surface area contributed by atoms with Crippen LogP contribution in [0.3, 0.4) is 0 Å². The molecule has 3 aromatic rings. The van der Waals surface area contributed by atoms with E-state index in [0.29, 0.717) is 16.7 Å². The summed E-state index contributed by atoms with van der Waals surface area (Å²) in [5.41, 5.74) is 4.21. The number of nitrogens with zero attached hydrogens (tertiary/aromatic N) is 2. The highest BCUT2D eigenvalue weighted by Gasteiger charge is 2.32. The zero-order valence-corrected chi connectivity index (χ0v) is 18.7. The summed E-state index contributed by atoms with van der Waals surface area (Å²) in [5.74, 6) is 0. The SMILES string of the molecule is S=C(NCc1ccccc1)N1N=C(c2ccccc2Cl)C[C@@H]1c1ccc(Br)cc1. The molecule has 146 valence electrons. The zero-order valence-electron chi connectivity index (χ0n) is 15.6. The Morgan fingerprint density at radius 2 is 1.72 bits per heavy atom. The topological polar surface area (TPSA) is 27.6 Å². The van der Waals surface area contributed by atoms with E-state index in [0.717, 1.165) is 27.7 Å². The van der Waals surface area contributed by atoms with Gasteiger partial charge in [-0.05, 0) is 41.5 Å². The summed E-state index contributed by atoms with van der Waals surface area (Å²) >= 11 is 15.7. The van der Waals surface area contributed by atoms with Crippen molar-refractivity contribution in [2.75, 3.05) is 0 Å². The standard InChI is InChI=1S/C23H19BrClN3S/c24-18-12-10-17(11-13-18)22-14-21(19-8-4-5-9-20(19)25)27-28(22)23(29)26-15-16-6-2-1-3-7-16/h1-13,22H,14-15H2,(H,26,29)/t22-/m1/s1. The lowest BCUT2D eigenvalue weighted by Crippen LogP contribution is -2.36. The normalized spacial score (nSPS) is 15.9. The van der Waals surface area contributed by atoms with Crippen LogP contribution in [-0.2, 0) is 6.54 Å². The summed E-state index contributed by atoms with van der Waals surface area (Å²) in [6.45, 7) is 0.653. The van der Waals surface area contributed by atoms with E-state index in [1.807, 2.05) is 59.6 Å². The number of hydrogen-bond donors (Lipinski definition) is 1. The molecule has 1 aliphatic heterocycles. The number of thiocarbonyl (C=S) groups is 1. The van der Waals surface area contributed by atoms with E-state index in [2.05, 4.69) is 45.5 Å². The third kappa shape index (κ3) is 4.69. The third-order valence-corrected chi connectivity index (χ3v) is 6.03. The van der Waals surface area contributed by atoms with Gasteiger partial charge in [-0.1, -0.05) is 88.2 Å². The van der Waals surface area contributed by atoms with Crippen molar-refractivity contribution in [3.05, 3.63) is 105 Å². The van der Waals surface area contributed by atoms with Crippen LogP contribution in [0, 0.1) is 0 Å². The second-order valence-corrected chi connectivity index (χ2v) is 8.50. The lowest BCUT2D eigenvalue weighted by Gasteiger charge is -2.25. The average Bonchev–Trinajstić information content (AvgIpc) is 3.19. The van der Waals surface area contributed by atoms with E-state index in [9.17, 15) is 0 Å². The fourth-order valence-electron chi connectivity index (χ4n) is 3.35. The molecule has 0 aliphatic carbocycles. The van der Waals surface area contributed by atoms with E-state index in [1.54, 1.807) is 0 Å². The van der Waals surface area contributed by atoms with E-state index < -0.39 is 0 Å². The summed E-state index contributed by atoms with van der Waals surface area (Å²) in [6.07, 6.45) is 0.735. The molecule has 0 amide bonds. The van der Waals surface area contributed by atoms with Crippen LogP contribution >= 0.6 is 39.7 Å². The lowest BCUT2D eigenvalue weighted by molar-refractivity contribution is 0.364. The van der Waals surface area contributed by atoms with Gasteiger partial charge in [0.25, 0.3) is 0 Å². The Morgan fingerprint density at radius 3 is 2.45 bits per heavy atom. The number of hydrogen-bond acceptors (Lipinski definition) is 2. The van der Waals surface area contributed by atoms with Crippen molar-refractivity contribution < 1.29 is 0 Å². The number of nitrogens with one attached hydrogen (secondary N) is 1. The summed E-state index contributed by atoms with van der Waals surface area (Å²) < 4.78 is 1.04. The van der Waals surface area contributed by atoms with Crippen LogP contribution in [0.4, 0.5) is 0 Å². The molecule has 1 N–H and O–H groups in total. The van der Waals surface area contributed by atoms with Crippen LogP contribution in [0.5, 0.6) is 0 Å². The number of hydrazone groups is 1. The molecule has 0 spiro atoms. The summed E-state index contributed by atoms with van der Waals surface area (Å²) in [6, 6.07) is 26.3. The highest BCUT2D eigenvalue weighted by Crippen LogP contribution is 2.34. The molecule has 1 atom stereocenters. The van der Waals surface area contributed by atoms with Gasteiger partial charge in [-0.2, -0.15) is 5.10 Å². The highest BCUT2D eigenvalue weighted by atomic mass is 79.9. The van der Waals surface area contributed by atoms with E-state index in [4.69, 9.17) is 28.9 Å². The molecular formula is C23H19BrClN3S. The van der Waals surface area contributed by atoms with Crippen LogP contribution in [-0.4, -0.2) is 15.8 Å². The van der Waals surface area contributed by atoms with Crippen LogP contribution in [0.15, 0.2) is 88.4 Å². The van der Waals surface area contributed by atoms with E-state index >= 15 is 0 Å². The van der Waals surface area contributed by atoms with Crippen LogP contribution in [0.2, 0.25) is 5.02 Å². The second-order valence-electron chi connectivity index (χ2n) is 6.79. The molecular weight excluding hydrogens is 466 g/mol. The van der Waals surface area contributed by atoms with Crippen LogP contribution in [0.1, 0.15) is 29.2 Å². The molecule has 1 aliphatic rings. The van der Waals surface area contributed by atoms with Gasteiger partial charge in [0.05, 0.1) is 11.8 Å². The fraction of sp³-hybridized carbons (Fsp3) is 0.130. The first-order valence-corrected chi connectivity index (χ1v) is 10.9. The zero-order chi connectivity index (χ0) is 20.2. The third-order valence-electron chi connectivity index (χ3n) is 4.84. The van der Waals surface area contributed by atoms with E-state index in [1.165, 1.54) is 5.56 Å². The number of halogens is 2. The summed E-state index contributed by atoms with van der Waals surface area (Å²) in [4.78, 5) is 0. The first-order valence-electron chi connectivity index (χ1n) is 9.30. The van der Waals surface area contributed by atoms with Gasteiger partial charge in [0.1, 0.15) is 0 Å². The maximum Gasteiger partial charge on any atom is 0.190 e. The van der Waals surface area contributed by atoms with Crippen molar-refractivity contribution in [3.63, 3.8) is 0 Å². The lowest BCUT2D eigenvalue weighted by atomic mass is 9.98. The van der Waals surface area contributed by atoms with Crippen molar-refractivity contribution in [3.8, 4) is 0 Å². The Labute approximate surface area is 189 Å². The molecule has 0 aromatic heterocycles. The maximum absolute atomic E-state index is 6.43. The minimum absolute atomic E-state index is 0.0187. The molecule has 0 saturated carbocycles. The van der Waals surface area contributed by atoms with Crippen LogP contribution < -0.4 is 5.32 Å². The van der Waals surface area contributed by atoms with Gasteiger partial charge in [-0.3, -0.25) is 0 Å². The van der Waals surface area contributed by atoms with Crippen molar-refractivity contribution in [1.29, 1.82) is 0 Å². The molecule has 0 unspecified atom stereocenters. The Morgan fingerprint density at radius 1 is 1.03 bits per heavy atom. The minimum atomic E-state index is 0.0187. The molecule has 3 nitrogen and oxygen atoms in total. The van der Waals surface area contributed by atoms with Gasteiger partial charge >= 0.3 is 0 Å². The van der Waals surface area contributed by atoms with Gasteiger partial charge in [-0.15, -0.1) is 0 Å². The van der Waals surface area contributed by atoms with Gasteiger partial charge in [-0.25, -0.2) is 5.01 Å². The second kappa shape index (κ2) is 9.08. The molecule has 0 saturated heterocycles. The van der Waals surface area contributed by atoms with Gasteiger partial charge in [0.2, 0.25) is 0 Å². The predicted molar refractivity (Wildman–Crippen MR) is 127 cm³/mol. The Bertz CT molecular complexity index is 1040. The van der Waals surface area contributed by atoms with Crippen molar-refractivity contribution >= 4 is 50.6 Å². The van der Waals surface area contributed by atoms with Gasteiger partial charge in [0, 0.05) is 28.0 Å². The van der Waals surface area contributed by atoms with Crippen molar-refractivity contribution in [2.24, 2.45) is 5.10 Å². The van der Waals surface area contributed by atoms with Crippen molar-refractivity contribution in [2.45, 2.75) is 19.0 Å². The molecule has 0 bridgehead atoms. The van der Waals surface area contributed by atoms with Crippen LogP contribution in [0.25, 0.3) is 0 Å². The molecule has 0 radical (unpaired) electrons. The maximum atomic E-state index is 6.43. The van der Waals surface area contributed by atoms with Gasteiger partial charge < -0.3 is 5.32 Å². The Hall–Kier alpha value is -2.21. The Kier molecular flexibility index (Phi) is 6.28. The predicted octanol–water partition coefficient (Wildman–Crippen LogP) is 6.33. The number of benzene rings is 3. The quantitative estimate of drug-likeness (QED) is 0.439. The fourth-order valence-corrected chi connectivity index (χ4v) is 4.10. The molecule has 6 heteroatoms. The minimum Gasteiger partial charge on any atom is -0.357 e. The first kappa shape index (κ1) is 20.1. The molecule has 3 aromatic carbocycles. The Balaban J connectivity index is 1.61. The monoisotopic (exact) mass is 483 g/mol. The molecule has 4 rings (SSSR count). The molecule has 0 fully saturated rings. The van der Waals surface area contributed by atoms with Crippen molar-refractivity contribution in [1.82, 2.24) is 10.3 Å². The summed E-state index contributed by atoms with van der Waals surface area (Å²) in [7, 11) is 0. The van der Waals surface area contributed by atoms with E-state index in [-0.39, 0.29) is 6.04 Å². The highest BCUT2D eigenvalue weighted by molar-refractivity contribution is 9.10. The average molecular weight is 485 g/mol. The molecule has 1 heterocycles.